The van der Waals surface area contributed by atoms with Gasteiger partial charge in [-0.25, -0.2) is 8.78 Å². The van der Waals surface area contributed by atoms with E-state index in [2.05, 4.69) is 42.5 Å². The summed E-state index contributed by atoms with van der Waals surface area (Å²) in [5.74, 6) is -2.22. The zero-order chi connectivity index (χ0) is 31.2. The van der Waals surface area contributed by atoms with Crippen LogP contribution in [-0.4, -0.2) is 18.9 Å². The first-order valence-corrected chi connectivity index (χ1v) is 15.1. The summed E-state index contributed by atoms with van der Waals surface area (Å²) in [6.07, 6.45) is 0.664. The number of carbonyl (C=O) groups is 2. The van der Waals surface area contributed by atoms with Crippen molar-refractivity contribution in [3.8, 4) is 5.75 Å². The van der Waals surface area contributed by atoms with Gasteiger partial charge in [-0.2, -0.15) is 0 Å². The summed E-state index contributed by atoms with van der Waals surface area (Å²) in [5.41, 5.74) is 2.74. The molecule has 0 spiro atoms. The fourth-order valence-electron chi connectivity index (χ4n) is 4.77. The zero-order valence-electron chi connectivity index (χ0n) is 23.5. The van der Waals surface area contributed by atoms with Crippen LogP contribution in [0.5, 0.6) is 5.75 Å². The molecule has 0 aliphatic rings. The van der Waals surface area contributed by atoms with Crippen molar-refractivity contribution in [2.45, 2.75) is 12.8 Å². The van der Waals surface area contributed by atoms with Crippen LogP contribution >= 0.6 is 31.9 Å². The Bertz CT molecular complexity index is 1860. The summed E-state index contributed by atoms with van der Waals surface area (Å²) < 4.78 is 37.9. The molecule has 0 atom stereocenters. The molecule has 0 unspecified atom stereocenters. The summed E-state index contributed by atoms with van der Waals surface area (Å²) in [5, 5.41) is 5.20. The van der Waals surface area contributed by atoms with E-state index in [0.29, 0.717) is 24.0 Å². The van der Waals surface area contributed by atoms with Crippen LogP contribution in [0.3, 0.4) is 0 Å². The van der Waals surface area contributed by atoms with Gasteiger partial charge < -0.3 is 15.4 Å². The van der Waals surface area contributed by atoms with Crippen LogP contribution in [0.2, 0.25) is 0 Å². The van der Waals surface area contributed by atoms with Crippen LogP contribution in [0.25, 0.3) is 0 Å². The summed E-state index contributed by atoms with van der Waals surface area (Å²) >= 11 is 6.85. The monoisotopic (exact) mass is 718 g/mol. The highest BCUT2D eigenvalue weighted by Gasteiger charge is 2.20. The summed E-state index contributed by atoms with van der Waals surface area (Å²) in [6.45, 7) is 0. The topological polar surface area (TPSA) is 67.4 Å². The number of carbonyl (C=O) groups excluding carboxylic acids is 2. The number of nitrogens with one attached hydrogen (secondary N) is 2. The molecule has 5 nitrogen and oxygen atoms in total. The van der Waals surface area contributed by atoms with Crippen molar-refractivity contribution in [2.24, 2.45) is 0 Å². The van der Waals surface area contributed by atoms with Gasteiger partial charge in [0.25, 0.3) is 11.8 Å². The molecule has 5 aromatic carbocycles. The van der Waals surface area contributed by atoms with Gasteiger partial charge in [-0.1, -0.05) is 80.4 Å². The molecule has 0 bridgehead atoms. The summed E-state index contributed by atoms with van der Waals surface area (Å²) in [4.78, 5) is 26.5. The van der Waals surface area contributed by atoms with Crippen LogP contribution in [0.15, 0.2) is 112 Å². The molecule has 0 aliphatic carbocycles. The van der Waals surface area contributed by atoms with E-state index >= 15 is 8.78 Å². The average Bonchev–Trinajstić information content (AvgIpc) is 3.01. The molecule has 2 N–H and O–H groups in total. The van der Waals surface area contributed by atoms with E-state index in [0.717, 1.165) is 20.1 Å². The van der Waals surface area contributed by atoms with E-state index in [1.807, 2.05) is 48.5 Å². The average molecular weight is 720 g/mol. The Hall–Kier alpha value is -4.34. The highest BCUT2D eigenvalue weighted by atomic mass is 79.9. The van der Waals surface area contributed by atoms with E-state index in [1.54, 1.807) is 24.3 Å². The molecule has 5 rings (SSSR count). The van der Waals surface area contributed by atoms with Crippen molar-refractivity contribution in [2.75, 3.05) is 17.7 Å². The first kappa shape index (κ1) is 31.1. The highest BCUT2D eigenvalue weighted by molar-refractivity contribution is 9.10. The third kappa shape index (κ3) is 7.41. The Morgan fingerprint density at radius 1 is 0.659 bits per heavy atom. The lowest BCUT2D eigenvalue weighted by Crippen LogP contribution is -2.18. The maximum Gasteiger partial charge on any atom is 0.259 e. The molecule has 0 saturated heterocycles. The largest absolute Gasteiger partial charge is 0.496 e. The molecule has 2 amide bonds. The lowest BCUT2D eigenvalue weighted by Gasteiger charge is -2.14. The van der Waals surface area contributed by atoms with Gasteiger partial charge in [-0.3, -0.25) is 9.59 Å². The number of halogens is 4. The Morgan fingerprint density at radius 2 is 1.16 bits per heavy atom. The number of amides is 2. The molecule has 0 heterocycles. The van der Waals surface area contributed by atoms with Crippen LogP contribution < -0.4 is 15.4 Å². The van der Waals surface area contributed by atoms with Gasteiger partial charge in [0.1, 0.15) is 17.4 Å². The lowest BCUT2D eigenvalue weighted by atomic mass is 10.0. The van der Waals surface area contributed by atoms with Crippen LogP contribution in [0.1, 0.15) is 43.0 Å². The molecular formula is C35H26Br2F2N2O3. The van der Waals surface area contributed by atoms with Crippen molar-refractivity contribution in [3.63, 3.8) is 0 Å². The third-order valence-electron chi connectivity index (χ3n) is 6.93. The molecule has 222 valence electrons. The van der Waals surface area contributed by atoms with Crippen molar-refractivity contribution >= 4 is 55.0 Å². The first-order valence-electron chi connectivity index (χ1n) is 13.6. The molecule has 0 radical (unpaired) electrons. The van der Waals surface area contributed by atoms with Crippen molar-refractivity contribution in [1.82, 2.24) is 0 Å². The van der Waals surface area contributed by atoms with E-state index in [4.69, 9.17) is 4.74 Å². The number of benzene rings is 5. The number of hydrogen-bond donors (Lipinski definition) is 2. The van der Waals surface area contributed by atoms with E-state index in [1.165, 1.54) is 37.4 Å². The molecule has 9 heteroatoms. The zero-order valence-corrected chi connectivity index (χ0v) is 26.6. The number of ether oxygens (including phenoxy) is 1. The second kappa shape index (κ2) is 14.0. The smallest absolute Gasteiger partial charge is 0.259 e. The maximum absolute atomic E-state index is 15.4. The van der Waals surface area contributed by atoms with Gasteiger partial charge in [0.05, 0.1) is 24.0 Å². The van der Waals surface area contributed by atoms with Gasteiger partial charge >= 0.3 is 0 Å². The Balaban J connectivity index is 1.34. The van der Waals surface area contributed by atoms with Crippen molar-refractivity contribution in [1.29, 1.82) is 0 Å². The lowest BCUT2D eigenvalue weighted by molar-refractivity contribution is 0.102. The van der Waals surface area contributed by atoms with Gasteiger partial charge in [-0.15, -0.1) is 0 Å². The normalized spacial score (nSPS) is 10.8. The predicted octanol–water partition coefficient (Wildman–Crippen LogP) is 9.18. The van der Waals surface area contributed by atoms with Crippen LogP contribution in [0, 0.1) is 11.6 Å². The molecule has 0 aromatic heterocycles. The Morgan fingerprint density at radius 3 is 1.66 bits per heavy atom. The highest BCUT2D eigenvalue weighted by Crippen LogP contribution is 2.27. The van der Waals surface area contributed by atoms with Crippen LogP contribution in [-0.2, 0) is 12.8 Å². The minimum absolute atomic E-state index is 0.00801. The number of anilines is 2. The standard InChI is InChI=1S/C35H26Br2F2N2O3/c1-44-31-15-14-25(34(42)40-29-12-4-8-23(32(29)38)16-21-6-2-10-26(36)18-21)20-28(31)35(43)41-30-13-5-9-24(33(30)39)17-22-7-3-11-27(37)19-22/h2-15,18-20H,16-17H2,1H3,(H,40,42)(H,41,43). The third-order valence-corrected chi connectivity index (χ3v) is 7.91. The molecule has 44 heavy (non-hydrogen) atoms. The first-order chi connectivity index (χ1) is 21.2. The molecular weight excluding hydrogens is 694 g/mol. The molecule has 0 aliphatic heterocycles. The minimum Gasteiger partial charge on any atom is -0.496 e. The molecule has 0 fully saturated rings. The Kier molecular flexibility index (Phi) is 9.87. The maximum atomic E-state index is 15.4. The van der Waals surface area contributed by atoms with Gasteiger partial charge in [0.2, 0.25) is 0 Å². The second-order valence-electron chi connectivity index (χ2n) is 9.99. The fourth-order valence-corrected chi connectivity index (χ4v) is 5.66. The predicted molar refractivity (Wildman–Crippen MR) is 176 cm³/mol. The van der Waals surface area contributed by atoms with Crippen LogP contribution in [0.4, 0.5) is 20.2 Å². The quantitative estimate of drug-likeness (QED) is 0.160. The number of rotatable bonds is 9. The van der Waals surface area contributed by atoms with Crippen molar-refractivity contribution in [3.05, 3.63) is 157 Å². The molecule has 5 aromatic rings. The SMILES string of the molecule is COc1ccc(C(=O)Nc2cccc(Cc3cccc(Br)c3)c2F)cc1C(=O)Nc1cccc(Cc2cccc(Br)c2)c1F. The van der Waals surface area contributed by atoms with Gasteiger partial charge in [0.15, 0.2) is 0 Å². The number of methoxy groups -OCH3 is 1. The summed E-state index contributed by atoms with van der Waals surface area (Å²) in [6, 6.07) is 28.9. The second-order valence-corrected chi connectivity index (χ2v) is 11.8. The molecule has 0 saturated carbocycles. The van der Waals surface area contributed by atoms with Gasteiger partial charge in [-0.05, 0) is 76.9 Å². The number of hydrogen-bond acceptors (Lipinski definition) is 3. The Labute approximate surface area is 270 Å². The summed E-state index contributed by atoms with van der Waals surface area (Å²) in [7, 11) is 1.39. The van der Waals surface area contributed by atoms with E-state index in [-0.39, 0.29) is 28.3 Å². The fraction of sp³-hybridized carbons (Fsp3) is 0.0857. The van der Waals surface area contributed by atoms with E-state index < -0.39 is 23.4 Å². The van der Waals surface area contributed by atoms with Gasteiger partial charge in [0, 0.05) is 27.4 Å². The van der Waals surface area contributed by atoms with Crippen molar-refractivity contribution < 1.29 is 23.1 Å². The minimum atomic E-state index is -0.669. The van der Waals surface area contributed by atoms with E-state index in [9.17, 15) is 9.59 Å².